The number of likely N-dealkylation sites (tertiary alicyclic amines) is 1. The summed E-state index contributed by atoms with van der Waals surface area (Å²) in [6, 6.07) is 10.8. The first kappa shape index (κ1) is 25.4. The Morgan fingerprint density at radius 3 is 2.11 bits per heavy atom. The van der Waals surface area contributed by atoms with Gasteiger partial charge in [0, 0.05) is 19.4 Å². The molecule has 0 aliphatic carbocycles. The number of benzene rings is 1. The Morgan fingerprint density at radius 2 is 1.46 bits per heavy atom. The van der Waals surface area contributed by atoms with Gasteiger partial charge in [0.25, 0.3) is 0 Å². The summed E-state index contributed by atoms with van der Waals surface area (Å²) in [5.74, 6) is 1.46. The standard InChI is InChI=1S/C25H43N2.BrH/c1-3-4-5-6-7-8-9-10-11-15-22-27(2)23-16-19-25(27)26-21-20-24-17-13-12-14-18-24;/h12-14,17-18H,3-11,15-16,19-23H2,1-2H3;1H/q+1;/p-1. The summed E-state index contributed by atoms with van der Waals surface area (Å²) in [4.78, 5) is 5.02. The molecule has 1 aliphatic heterocycles. The summed E-state index contributed by atoms with van der Waals surface area (Å²) in [5.41, 5.74) is 1.41. The number of quaternary nitrogens is 1. The van der Waals surface area contributed by atoms with Crippen molar-refractivity contribution in [2.45, 2.75) is 90.4 Å². The van der Waals surface area contributed by atoms with Gasteiger partial charge in [0.15, 0.2) is 5.84 Å². The lowest BCUT2D eigenvalue weighted by molar-refractivity contribution is -0.814. The lowest BCUT2D eigenvalue weighted by Gasteiger charge is -2.29. The lowest BCUT2D eigenvalue weighted by Crippen LogP contribution is -3.00. The first-order valence-electron chi connectivity index (χ1n) is 11.7. The van der Waals surface area contributed by atoms with Gasteiger partial charge in [0.2, 0.25) is 0 Å². The summed E-state index contributed by atoms with van der Waals surface area (Å²) < 4.78 is 1.12. The van der Waals surface area contributed by atoms with E-state index >= 15 is 0 Å². The van der Waals surface area contributed by atoms with Crippen molar-refractivity contribution < 1.29 is 21.5 Å². The first-order chi connectivity index (χ1) is 13.2. The molecule has 2 nitrogen and oxygen atoms in total. The van der Waals surface area contributed by atoms with Crippen molar-refractivity contribution in [3.05, 3.63) is 35.9 Å². The van der Waals surface area contributed by atoms with Crippen LogP contribution in [0.25, 0.3) is 0 Å². The zero-order chi connectivity index (χ0) is 19.2. The number of halogens is 1. The predicted molar refractivity (Wildman–Crippen MR) is 119 cm³/mol. The van der Waals surface area contributed by atoms with Gasteiger partial charge < -0.3 is 17.0 Å². The zero-order valence-electron chi connectivity index (χ0n) is 18.5. The molecular formula is C25H43BrN2. The number of hydrogen-bond acceptors (Lipinski definition) is 1. The number of amidine groups is 1. The van der Waals surface area contributed by atoms with Crippen molar-refractivity contribution in [3.8, 4) is 0 Å². The molecule has 0 N–H and O–H groups in total. The van der Waals surface area contributed by atoms with Crippen molar-refractivity contribution in [1.29, 1.82) is 0 Å². The number of rotatable bonds is 14. The molecule has 0 saturated carbocycles. The molecule has 1 fully saturated rings. The van der Waals surface area contributed by atoms with Gasteiger partial charge in [-0.1, -0.05) is 88.6 Å². The molecule has 0 aromatic heterocycles. The average molecular weight is 452 g/mol. The molecule has 1 aromatic carbocycles. The Hall–Kier alpha value is -0.670. The van der Waals surface area contributed by atoms with Gasteiger partial charge in [-0.3, -0.25) is 4.48 Å². The van der Waals surface area contributed by atoms with Crippen LogP contribution in [-0.4, -0.2) is 37.0 Å². The van der Waals surface area contributed by atoms with Crippen LogP contribution in [0, 0.1) is 0 Å². The van der Waals surface area contributed by atoms with Crippen molar-refractivity contribution in [2.75, 3.05) is 26.7 Å². The van der Waals surface area contributed by atoms with Crippen LogP contribution in [0.1, 0.15) is 89.5 Å². The van der Waals surface area contributed by atoms with E-state index in [9.17, 15) is 0 Å². The third-order valence-electron chi connectivity index (χ3n) is 6.22. The van der Waals surface area contributed by atoms with Crippen molar-refractivity contribution in [1.82, 2.24) is 0 Å². The van der Waals surface area contributed by atoms with E-state index in [0.29, 0.717) is 0 Å². The van der Waals surface area contributed by atoms with E-state index in [4.69, 9.17) is 4.99 Å². The first-order valence-corrected chi connectivity index (χ1v) is 11.7. The second kappa shape index (κ2) is 15.2. The fourth-order valence-electron chi connectivity index (χ4n) is 4.38. The molecule has 0 radical (unpaired) electrons. The van der Waals surface area contributed by atoms with E-state index in [-0.39, 0.29) is 17.0 Å². The molecule has 1 heterocycles. The average Bonchev–Trinajstić information content (AvgIpc) is 3.05. The molecule has 0 amide bonds. The minimum absolute atomic E-state index is 0. The van der Waals surface area contributed by atoms with Gasteiger partial charge in [-0.2, -0.15) is 0 Å². The predicted octanol–water partition coefficient (Wildman–Crippen LogP) is 3.79. The smallest absolute Gasteiger partial charge is 0.198 e. The molecule has 1 atom stereocenters. The van der Waals surface area contributed by atoms with Crippen LogP contribution in [0.5, 0.6) is 0 Å². The third kappa shape index (κ3) is 9.69. The number of nitrogens with zero attached hydrogens (tertiary/aromatic N) is 2. The molecule has 160 valence electrons. The van der Waals surface area contributed by atoms with Crippen LogP contribution in [-0.2, 0) is 6.42 Å². The SMILES string of the molecule is CCCCCCCCCCCC[N+]1(C)CCCC1=NCCc1ccccc1.[Br-]. The van der Waals surface area contributed by atoms with E-state index in [0.717, 1.165) is 17.4 Å². The third-order valence-corrected chi connectivity index (χ3v) is 6.22. The molecule has 0 spiro atoms. The van der Waals surface area contributed by atoms with E-state index in [1.54, 1.807) is 0 Å². The van der Waals surface area contributed by atoms with Gasteiger partial charge >= 0.3 is 0 Å². The zero-order valence-corrected chi connectivity index (χ0v) is 20.1. The molecule has 0 bridgehead atoms. The van der Waals surface area contributed by atoms with Crippen LogP contribution < -0.4 is 17.0 Å². The lowest BCUT2D eigenvalue weighted by atomic mass is 10.1. The second-order valence-corrected chi connectivity index (χ2v) is 8.66. The molecule has 28 heavy (non-hydrogen) atoms. The molecule has 1 aliphatic rings. The molecule has 1 unspecified atom stereocenters. The number of hydrogen-bond donors (Lipinski definition) is 0. The fraction of sp³-hybridized carbons (Fsp3) is 0.720. The van der Waals surface area contributed by atoms with Gasteiger partial charge in [-0.25, -0.2) is 4.99 Å². The highest BCUT2D eigenvalue weighted by Gasteiger charge is 2.34. The Bertz CT molecular complexity index is 529. The monoisotopic (exact) mass is 450 g/mol. The van der Waals surface area contributed by atoms with Crippen LogP contribution in [0.2, 0.25) is 0 Å². The van der Waals surface area contributed by atoms with E-state index < -0.39 is 0 Å². The summed E-state index contributed by atoms with van der Waals surface area (Å²) in [6.07, 6.45) is 17.8. The normalized spacial score (nSPS) is 20.4. The highest BCUT2D eigenvalue weighted by atomic mass is 79.9. The van der Waals surface area contributed by atoms with Crippen molar-refractivity contribution in [2.24, 2.45) is 4.99 Å². The minimum Gasteiger partial charge on any atom is -1.00 e. The summed E-state index contributed by atoms with van der Waals surface area (Å²) in [5, 5.41) is 0. The molecular weight excluding hydrogens is 408 g/mol. The van der Waals surface area contributed by atoms with Gasteiger partial charge in [-0.15, -0.1) is 0 Å². The minimum atomic E-state index is 0. The van der Waals surface area contributed by atoms with E-state index in [1.165, 1.54) is 102 Å². The highest BCUT2D eigenvalue weighted by molar-refractivity contribution is 5.77. The number of aliphatic imine (C=N–C) groups is 1. The van der Waals surface area contributed by atoms with Gasteiger partial charge in [0.1, 0.15) is 0 Å². The fourth-order valence-corrected chi connectivity index (χ4v) is 4.38. The maximum Gasteiger partial charge on any atom is 0.198 e. The van der Waals surface area contributed by atoms with Gasteiger partial charge in [0.05, 0.1) is 20.1 Å². The maximum absolute atomic E-state index is 5.02. The molecule has 1 aromatic rings. The highest BCUT2D eigenvalue weighted by Crippen LogP contribution is 2.22. The molecule has 1 saturated heterocycles. The summed E-state index contributed by atoms with van der Waals surface area (Å²) in [6.45, 7) is 5.83. The Kier molecular flexibility index (Phi) is 13.8. The van der Waals surface area contributed by atoms with Crippen molar-refractivity contribution in [3.63, 3.8) is 0 Å². The van der Waals surface area contributed by atoms with Crippen molar-refractivity contribution >= 4 is 5.84 Å². The maximum atomic E-state index is 5.02. The summed E-state index contributed by atoms with van der Waals surface area (Å²) in [7, 11) is 2.42. The quantitative estimate of drug-likeness (QED) is 0.302. The molecule has 2 rings (SSSR count). The van der Waals surface area contributed by atoms with E-state index in [1.807, 2.05) is 0 Å². The largest absolute Gasteiger partial charge is 1.00 e. The Morgan fingerprint density at radius 1 is 0.857 bits per heavy atom. The van der Waals surface area contributed by atoms with Crippen LogP contribution >= 0.6 is 0 Å². The topological polar surface area (TPSA) is 12.4 Å². The van der Waals surface area contributed by atoms with Crippen LogP contribution in [0.15, 0.2) is 35.3 Å². The number of unbranched alkanes of at least 4 members (excludes halogenated alkanes) is 9. The van der Waals surface area contributed by atoms with Crippen LogP contribution in [0.4, 0.5) is 0 Å². The van der Waals surface area contributed by atoms with E-state index in [2.05, 4.69) is 44.3 Å². The molecule has 3 heteroatoms. The van der Waals surface area contributed by atoms with Crippen LogP contribution in [0.3, 0.4) is 0 Å². The Labute approximate surface area is 185 Å². The second-order valence-electron chi connectivity index (χ2n) is 8.66. The van der Waals surface area contributed by atoms with Gasteiger partial charge in [-0.05, 0) is 24.8 Å². The summed E-state index contributed by atoms with van der Waals surface area (Å²) >= 11 is 0. The Balaban J connectivity index is 0.00000392.